The molecule has 0 radical (unpaired) electrons. The van der Waals surface area contributed by atoms with Crippen LogP contribution in [0.5, 0.6) is 0 Å². The van der Waals surface area contributed by atoms with Crippen molar-refractivity contribution in [2.45, 2.75) is 12.8 Å². The highest BCUT2D eigenvalue weighted by molar-refractivity contribution is 5.94. The maximum Gasteiger partial charge on any atom is 0.253 e. The van der Waals surface area contributed by atoms with Crippen LogP contribution in [-0.4, -0.2) is 85.2 Å². The molecular formula is C21H30N4O2. The zero-order chi connectivity index (χ0) is 19.2. The molecular weight excluding hydrogens is 340 g/mol. The average Bonchev–Trinajstić information content (AvgIpc) is 2.91. The summed E-state index contributed by atoms with van der Waals surface area (Å²) in [5, 5.41) is 18.7. The predicted octanol–water partition coefficient (Wildman–Crippen LogP) is 1.27. The minimum atomic E-state index is -0.00163. The zero-order valence-electron chi connectivity index (χ0n) is 16.2. The van der Waals surface area contributed by atoms with Crippen LogP contribution in [0.2, 0.25) is 0 Å². The number of likely N-dealkylation sites (tertiary alicyclic amines) is 1. The van der Waals surface area contributed by atoms with Gasteiger partial charge >= 0.3 is 0 Å². The Morgan fingerprint density at radius 3 is 2.59 bits per heavy atom. The minimum absolute atomic E-state index is 0.00163. The fourth-order valence-corrected chi connectivity index (χ4v) is 4.27. The van der Waals surface area contributed by atoms with Crippen LogP contribution in [0.4, 0.5) is 0 Å². The number of benzene rings is 1. The van der Waals surface area contributed by atoms with Crippen molar-refractivity contribution in [1.82, 2.24) is 14.7 Å². The fourth-order valence-electron chi connectivity index (χ4n) is 4.27. The van der Waals surface area contributed by atoms with E-state index < -0.39 is 0 Å². The molecule has 2 heterocycles. The number of piperidine rings is 1. The number of hydrogen-bond donors (Lipinski definition) is 1. The van der Waals surface area contributed by atoms with E-state index >= 15 is 0 Å². The maximum atomic E-state index is 12.9. The highest BCUT2D eigenvalue weighted by Crippen LogP contribution is 2.24. The number of likely N-dealkylation sites (N-methyl/N-ethyl adjacent to an activating group) is 1. The summed E-state index contributed by atoms with van der Waals surface area (Å²) in [7, 11) is 2.17. The summed E-state index contributed by atoms with van der Waals surface area (Å²) >= 11 is 0. The molecule has 1 aromatic rings. The number of carbonyl (C=O) groups excluding carboxylic acids is 1. The van der Waals surface area contributed by atoms with Gasteiger partial charge in [0.05, 0.1) is 11.6 Å². The van der Waals surface area contributed by atoms with E-state index in [0.29, 0.717) is 23.6 Å². The van der Waals surface area contributed by atoms with Crippen LogP contribution in [0.15, 0.2) is 24.3 Å². The van der Waals surface area contributed by atoms with Gasteiger partial charge in [0.2, 0.25) is 0 Å². The standard InChI is InChI=1S/C21H30N4O2/c1-23-7-2-8-24(10-9-23)13-18-11-19(16-26)15-25(14-18)21(27)20-5-3-17(12-22)4-6-20/h3-6,18-19,26H,2,7-11,13-16H2,1H3/t18-,19+/m1/s1. The van der Waals surface area contributed by atoms with Gasteiger partial charge in [-0.2, -0.15) is 5.26 Å². The molecule has 1 amide bonds. The third-order valence-electron chi connectivity index (χ3n) is 5.76. The van der Waals surface area contributed by atoms with Crippen LogP contribution >= 0.6 is 0 Å². The molecule has 1 aromatic carbocycles. The molecule has 2 aliphatic rings. The van der Waals surface area contributed by atoms with Gasteiger partial charge in [0.1, 0.15) is 0 Å². The molecule has 0 spiro atoms. The number of amides is 1. The summed E-state index contributed by atoms with van der Waals surface area (Å²) in [6.07, 6.45) is 2.15. The van der Waals surface area contributed by atoms with Gasteiger partial charge in [-0.1, -0.05) is 0 Å². The van der Waals surface area contributed by atoms with Gasteiger partial charge in [0, 0.05) is 44.9 Å². The van der Waals surface area contributed by atoms with Crippen molar-refractivity contribution in [2.24, 2.45) is 11.8 Å². The van der Waals surface area contributed by atoms with E-state index in [1.807, 2.05) is 4.90 Å². The molecule has 2 aliphatic heterocycles. The second-order valence-corrected chi connectivity index (χ2v) is 8.01. The van der Waals surface area contributed by atoms with Gasteiger partial charge in [-0.15, -0.1) is 0 Å². The van der Waals surface area contributed by atoms with Gasteiger partial charge in [0.15, 0.2) is 0 Å². The molecule has 0 bridgehead atoms. The highest BCUT2D eigenvalue weighted by Gasteiger charge is 2.31. The van der Waals surface area contributed by atoms with Crippen LogP contribution < -0.4 is 0 Å². The topological polar surface area (TPSA) is 70.8 Å². The monoisotopic (exact) mass is 370 g/mol. The molecule has 0 aliphatic carbocycles. The summed E-state index contributed by atoms with van der Waals surface area (Å²) < 4.78 is 0. The predicted molar refractivity (Wildman–Crippen MR) is 104 cm³/mol. The van der Waals surface area contributed by atoms with Crippen molar-refractivity contribution in [3.05, 3.63) is 35.4 Å². The minimum Gasteiger partial charge on any atom is -0.396 e. The lowest BCUT2D eigenvalue weighted by Crippen LogP contribution is -2.48. The number of nitriles is 1. The van der Waals surface area contributed by atoms with Crippen LogP contribution in [0.1, 0.15) is 28.8 Å². The lowest BCUT2D eigenvalue weighted by molar-refractivity contribution is 0.0454. The molecule has 0 unspecified atom stereocenters. The summed E-state index contributed by atoms with van der Waals surface area (Å²) in [4.78, 5) is 19.7. The van der Waals surface area contributed by atoms with Crippen molar-refractivity contribution in [3.8, 4) is 6.07 Å². The zero-order valence-corrected chi connectivity index (χ0v) is 16.2. The van der Waals surface area contributed by atoms with E-state index in [2.05, 4.69) is 22.9 Å². The Kier molecular flexibility index (Phi) is 6.84. The Morgan fingerprint density at radius 2 is 1.89 bits per heavy atom. The van der Waals surface area contributed by atoms with Crippen molar-refractivity contribution in [3.63, 3.8) is 0 Å². The third kappa shape index (κ3) is 5.29. The SMILES string of the molecule is CN1CCCN(C[C@H]2C[C@H](CO)CN(C(=O)c3ccc(C#N)cc3)C2)CC1. The Bertz CT molecular complexity index is 670. The van der Waals surface area contributed by atoms with Gasteiger partial charge in [-0.3, -0.25) is 4.79 Å². The van der Waals surface area contributed by atoms with Crippen LogP contribution in [0.3, 0.4) is 0 Å². The lowest BCUT2D eigenvalue weighted by atomic mass is 9.88. The molecule has 146 valence electrons. The molecule has 27 heavy (non-hydrogen) atoms. The number of nitrogens with zero attached hydrogens (tertiary/aromatic N) is 4. The van der Waals surface area contributed by atoms with Crippen LogP contribution in [0, 0.1) is 23.2 Å². The van der Waals surface area contributed by atoms with Crippen molar-refractivity contribution < 1.29 is 9.90 Å². The Labute approximate surface area is 162 Å². The molecule has 2 atom stereocenters. The summed E-state index contributed by atoms with van der Waals surface area (Å²) in [5.74, 6) is 0.528. The Hall–Kier alpha value is -1.94. The number of aliphatic hydroxyl groups excluding tert-OH is 1. The molecule has 1 N–H and O–H groups in total. The molecule has 2 saturated heterocycles. The van der Waals surface area contributed by atoms with E-state index in [0.717, 1.165) is 45.7 Å². The number of rotatable bonds is 4. The second-order valence-electron chi connectivity index (χ2n) is 8.01. The number of carbonyl (C=O) groups is 1. The van der Waals surface area contributed by atoms with Crippen LogP contribution in [0.25, 0.3) is 0 Å². The lowest BCUT2D eigenvalue weighted by Gasteiger charge is -2.39. The molecule has 3 rings (SSSR count). The largest absolute Gasteiger partial charge is 0.396 e. The van der Waals surface area contributed by atoms with E-state index in [1.165, 1.54) is 6.42 Å². The molecule has 6 heteroatoms. The Balaban J connectivity index is 1.64. The van der Waals surface area contributed by atoms with Crippen LogP contribution in [-0.2, 0) is 0 Å². The third-order valence-corrected chi connectivity index (χ3v) is 5.76. The molecule has 6 nitrogen and oxygen atoms in total. The molecule has 0 aromatic heterocycles. The van der Waals surface area contributed by atoms with E-state index in [4.69, 9.17) is 5.26 Å². The summed E-state index contributed by atoms with van der Waals surface area (Å²) in [6, 6.07) is 8.91. The van der Waals surface area contributed by atoms with Gasteiger partial charge < -0.3 is 19.8 Å². The number of hydrogen-bond acceptors (Lipinski definition) is 5. The van der Waals surface area contributed by atoms with Crippen molar-refractivity contribution in [2.75, 3.05) is 59.5 Å². The molecule has 0 saturated carbocycles. The highest BCUT2D eigenvalue weighted by atomic mass is 16.3. The smallest absolute Gasteiger partial charge is 0.253 e. The summed E-state index contributed by atoms with van der Waals surface area (Å²) in [5.41, 5.74) is 1.17. The first-order chi connectivity index (χ1) is 13.1. The fraction of sp³-hybridized carbons (Fsp3) is 0.619. The number of aliphatic hydroxyl groups is 1. The first kappa shape index (κ1) is 19.8. The maximum absolute atomic E-state index is 12.9. The van der Waals surface area contributed by atoms with E-state index in [1.54, 1.807) is 24.3 Å². The molecule has 2 fully saturated rings. The van der Waals surface area contributed by atoms with Gasteiger partial charge in [0.25, 0.3) is 5.91 Å². The van der Waals surface area contributed by atoms with Crippen molar-refractivity contribution in [1.29, 1.82) is 5.26 Å². The Morgan fingerprint density at radius 1 is 1.15 bits per heavy atom. The van der Waals surface area contributed by atoms with E-state index in [-0.39, 0.29) is 18.4 Å². The summed E-state index contributed by atoms with van der Waals surface area (Å²) in [6.45, 7) is 6.86. The van der Waals surface area contributed by atoms with Gasteiger partial charge in [-0.05, 0) is 69.1 Å². The first-order valence-electron chi connectivity index (χ1n) is 9.90. The first-order valence-corrected chi connectivity index (χ1v) is 9.90. The second kappa shape index (κ2) is 9.32. The average molecular weight is 370 g/mol. The quantitative estimate of drug-likeness (QED) is 0.864. The normalized spacial score (nSPS) is 25.0. The van der Waals surface area contributed by atoms with E-state index in [9.17, 15) is 9.90 Å². The van der Waals surface area contributed by atoms with Gasteiger partial charge in [-0.25, -0.2) is 0 Å². The van der Waals surface area contributed by atoms with Crippen molar-refractivity contribution >= 4 is 5.91 Å².